The lowest BCUT2D eigenvalue weighted by Crippen LogP contribution is -2.23. The van der Waals surface area contributed by atoms with Crippen molar-refractivity contribution in [1.82, 2.24) is 14.7 Å². The standard InChI is InChI=1S/C23H24ClN5O2S/c1-3-14(2)12-26-32(31)18-7-5-17(6-8-18)27-23-25-13-15-10-21(30)28-20-11-16(24)4-9-19(20)22(15)29-23/h4-9,11,13-14,26H,3,10,12H2,1-2H3,(H,28,30)(H,25,27,29). The molecule has 166 valence electrons. The number of carbonyl (C=O) groups excluding carboxylic acids is 1. The van der Waals surface area contributed by atoms with Gasteiger partial charge in [-0.05, 0) is 48.4 Å². The van der Waals surface area contributed by atoms with Crippen LogP contribution in [0.2, 0.25) is 5.02 Å². The molecule has 9 heteroatoms. The third-order valence-corrected chi connectivity index (χ3v) is 6.67. The summed E-state index contributed by atoms with van der Waals surface area (Å²) in [5, 5.41) is 6.59. The van der Waals surface area contributed by atoms with E-state index in [9.17, 15) is 9.00 Å². The number of carbonyl (C=O) groups is 1. The largest absolute Gasteiger partial charge is 0.325 e. The van der Waals surface area contributed by atoms with Crippen molar-refractivity contribution in [2.24, 2.45) is 5.92 Å². The second-order valence-electron chi connectivity index (χ2n) is 7.76. The maximum absolute atomic E-state index is 12.4. The minimum absolute atomic E-state index is 0.137. The quantitative estimate of drug-likeness (QED) is 0.466. The molecule has 2 aromatic carbocycles. The molecule has 0 saturated carbocycles. The molecule has 0 fully saturated rings. The molecule has 2 atom stereocenters. The lowest BCUT2D eigenvalue weighted by atomic mass is 10.1. The number of nitrogens with zero attached hydrogens (tertiary/aromatic N) is 2. The predicted molar refractivity (Wildman–Crippen MR) is 128 cm³/mol. The van der Waals surface area contributed by atoms with E-state index in [1.165, 1.54) is 0 Å². The van der Waals surface area contributed by atoms with Crippen LogP contribution in [0.3, 0.4) is 0 Å². The van der Waals surface area contributed by atoms with Gasteiger partial charge in [0, 0.05) is 34.6 Å². The van der Waals surface area contributed by atoms with Crippen LogP contribution in [0.4, 0.5) is 17.3 Å². The molecule has 3 N–H and O–H groups in total. The Hall–Kier alpha value is -2.81. The van der Waals surface area contributed by atoms with Gasteiger partial charge in [0.25, 0.3) is 0 Å². The fourth-order valence-electron chi connectivity index (χ4n) is 3.26. The number of amides is 1. The molecular weight excluding hydrogens is 446 g/mol. The number of hydrogen-bond donors (Lipinski definition) is 3. The Labute approximate surface area is 194 Å². The zero-order valence-electron chi connectivity index (χ0n) is 17.8. The Morgan fingerprint density at radius 1 is 1.22 bits per heavy atom. The second kappa shape index (κ2) is 9.77. The Morgan fingerprint density at radius 3 is 2.75 bits per heavy atom. The number of fused-ring (bicyclic) bond motifs is 3. The molecule has 1 aliphatic heterocycles. The number of aromatic nitrogens is 2. The minimum atomic E-state index is -1.25. The summed E-state index contributed by atoms with van der Waals surface area (Å²) < 4.78 is 15.5. The van der Waals surface area contributed by atoms with Gasteiger partial charge >= 0.3 is 0 Å². The molecule has 1 aliphatic rings. The molecule has 2 unspecified atom stereocenters. The lowest BCUT2D eigenvalue weighted by Gasteiger charge is -2.12. The number of halogens is 1. The number of benzene rings is 2. The Kier molecular flexibility index (Phi) is 6.83. The predicted octanol–water partition coefficient (Wildman–Crippen LogP) is 4.69. The van der Waals surface area contributed by atoms with Crippen LogP contribution in [-0.4, -0.2) is 26.6 Å². The fraction of sp³-hybridized carbons (Fsp3) is 0.261. The monoisotopic (exact) mass is 469 g/mol. The fourth-order valence-corrected chi connectivity index (χ4v) is 4.42. The van der Waals surface area contributed by atoms with Gasteiger partial charge in [-0.25, -0.2) is 18.9 Å². The molecule has 0 bridgehead atoms. The molecule has 1 amide bonds. The van der Waals surface area contributed by atoms with Crippen molar-refractivity contribution in [2.75, 3.05) is 17.2 Å². The van der Waals surface area contributed by atoms with Crippen LogP contribution in [0.5, 0.6) is 0 Å². The van der Waals surface area contributed by atoms with Crippen molar-refractivity contribution in [3.05, 3.63) is 59.2 Å². The first-order valence-corrected chi connectivity index (χ1v) is 11.9. The first-order chi connectivity index (χ1) is 15.4. The lowest BCUT2D eigenvalue weighted by molar-refractivity contribution is -0.115. The van der Waals surface area contributed by atoms with E-state index in [1.54, 1.807) is 18.3 Å². The Balaban J connectivity index is 1.54. The van der Waals surface area contributed by atoms with E-state index >= 15 is 0 Å². The summed E-state index contributed by atoms with van der Waals surface area (Å²) in [6.45, 7) is 4.94. The summed E-state index contributed by atoms with van der Waals surface area (Å²) in [5.41, 5.74) is 3.61. The van der Waals surface area contributed by atoms with Crippen LogP contribution in [-0.2, 0) is 22.2 Å². The maximum atomic E-state index is 12.4. The number of anilines is 3. The van der Waals surface area contributed by atoms with Crippen LogP contribution >= 0.6 is 11.6 Å². The summed E-state index contributed by atoms with van der Waals surface area (Å²) in [7, 11) is -1.25. The molecule has 4 rings (SSSR count). The maximum Gasteiger partial charge on any atom is 0.228 e. The SMILES string of the molecule is CCC(C)CNS(=O)c1ccc(Nc2ncc3c(n2)-c2ccc(Cl)cc2NC(=O)C3)cc1. The van der Waals surface area contributed by atoms with Crippen molar-refractivity contribution in [2.45, 2.75) is 31.6 Å². The smallest absolute Gasteiger partial charge is 0.228 e. The zero-order chi connectivity index (χ0) is 22.7. The molecule has 0 saturated heterocycles. The summed E-state index contributed by atoms with van der Waals surface area (Å²) in [5.74, 6) is 0.738. The van der Waals surface area contributed by atoms with Crippen LogP contribution in [0.15, 0.2) is 53.6 Å². The van der Waals surface area contributed by atoms with E-state index in [0.717, 1.165) is 23.2 Å². The van der Waals surface area contributed by atoms with Crippen LogP contribution < -0.4 is 15.4 Å². The van der Waals surface area contributed by atoms with E-state index in [0.29, 0.717) is 39.7 Å². The molecule has 3 aromatic rings. The third-order valence-electron chi connectivity index (χ3n) is 5.31. The van der Waals surface area contributed by atoms with Gasteiger partial charge in [0.1, 0.15) is 11.0 Å². The highest BCUT2D eigenvalue weighted by molar-refractivity contribution is 7.83. The van der Waals surface area contributed by atoms with Crippen LogP contribution in [0, 0.1) is 5.92 Å². The first-order valence-electron chi connectivity index (χ1n) is 10.4. The van der Waals surface area contributed by atoms with Crippen LogP contribution in [0.1, 0.15) is 25.8 Å². The molecule has 32 heavy (non-hydrogen) atoms. The van der Waals surface area contributed by atoms with Crippen molar-refractivity contribution >= 4 is 45.8 Å². The van der Waals surface area contributed by atoms with Gasteiger partial charge in [0.05, 0.1) is 22.7 Å². The topological polar surface area (TPSA) is 96.0 Å². The van der Waals surface area contributed by atoms with Crippen LogP contribution in [0.25, 0.3) is 11.3 Å². The van der Waals surface area contributed by atoms with E-state index in [-0.39, 0.29) is 12.3 Å². The van der Waals surface area contributed by atoms with E-state index in [1.807, 2.05) is 30.3 Å². The molecule has 2 heterocycles. The van der Waals surface area contributed by atoms with Gasteiger partial charge < -0.3 is 10.6 Å². The summed E-state index contributed by atoms with van der Waals surface area (Å²) >= 11 is 6.10. The molecular formula is C23H24ClN5O2S. The van der Waals surface area contributed by atoms with E-state index in [4.69, 9.17) is 11.6 Å². The van der Waals surface area contributed by atoms with Crippen molar-refractivity contribution in [1.29, 1.82) is 0 Å². The summed E-state index contributed by atoms with van der Waals surface area (Å²) in [4.78, 5) is 22.0. The number of nitrogens with one attached hydrogen (secondary N) is 3. The van der Waals surface area contributed by atoms with E-state index in [2.05, 4.69) is 39.2 Å². The first kappa shape index (κ1) is 22.4. The van der Waals surface area contributed by atoms with Gasteiger partial charge in [-0.2, -0.15) is 0 Å². The average Bonchev–Trinajstić information content (AvgIpc) is 2.92. The number of hydrogen-bond acceptors (Lipinski definition) is 5. The van der Waals surface area contributed by atoms with Crippen molar-refractivity contribution in [3.63, 3.8) is 0 Å². The third kappa shape index (κ3) is 5.15. The van der Waals surface area contributed by atoms with Gasteiger partial charge in [0.2, 0.25) is 11.9 Å². The molecule has 0 radical (unpaired) electrons. The zero-order valence-corrected chi connectivity index (χ0v) is 19.4. The minimum Gasteiger partial charge on any atom is -0.325 e. The number of rotatable bonds is 7. The molecule has 0 aliphatic carbocycles. The highest BCUT2D eigenvalue weighted by Gasteiger charge is 2.21. The molecule has 0 spiro atoms. The highest BCUT2D eigenvalue weighted by atomic mass is 35.5. The van der Waals surface area contributed by atoms with Gasteiger partial charge in [-0.1, -0.05) is 31.9 Å². The van der Waals surface area contributed by atoms with Gasteiger partial charge in [0.15, 0.2) is 0 Å². The highest BCUT2D eigenvalue weighted by Crippen LogP contribution is 2.34. The Morgan fingerprint density at radius 2 is 2.00 bits per heavy atom. The van der Waals surface area contributed by atoms with Crippen molar-refractivity contribution < 1.29 is 9.00 Å². The Bertz CT molecular complexity index is 1170. The average molecular weight is 470 g/mol. The molecule has 1 aromatic heterocycles. The van der Waals surface area contributed by atoms with E-state index < -0.39 is 11.0 Å². The normalized spacial score (nSPS) is 14.5. The molecule has 7 nitrogen and oxygen atoms in total. The van der Waals surface area contributed by atoms with Crippen molar-refractivity contribution in [3.8, 4) is 11.3 Å². The second-order valence-corrected chi connectivity index (χ2v) is 9.50. The summed E-state index contributed by atoms with van der Waals surface area (Å²) in [6, 6.07) is 12.6. The van der Waals surface area contributed by atoms with Gasteiger partial charge in [-0.3, -0.25) is 4.79 Å². The summed E-state index contributed by atoms with van der Waals surface area (Å²) in [6.07, 6.45) is 2.89. The van der Waals surface area contributed by atoms with Gasteiger partial charge in [-0.15, -0.1) is 0 Å².